The number of benzene rings is 3. The fraction of sp³-hybridized carbons (Fsp3) is 0.422. The molecule has 330 valence electrons. The highest BCUT2D eigenvalue weighted by molar-refractivity contribution is 8.68. The summed E-state index contributed by atoms with van der Waals surface area (Å²) in [5, 5.41) is 2.71. The summed E-state index contributed by atoms with van der Waals surface area (Å²) in [4.78, 5) is 37.6. The Morgan fingerprint density at radius 1 is 1.05 bits per heavy atom. The van der Waals surface area contributed by atoms with E-state index in [4.69, 9.17) is 39.8 Å². The Labute approximate surface area is 378 Å². The quantitative estimate of drug-likeness (QED) is 0.0622. The van der Waals surface area contributed by atoms with Crippen molar-refractivity contribution in [2.24, 2.45) is 11.8 Å². The molecule has 3 aromatic carbocycles. The van der Waals surface area contributed by atoms with Crippen LogP contribution < -0.4 is 20.3 Å². The second kappa shape index (κ2) is 18.6. The lowest BCUT2D eigenvalue weighted by atomic mass is 9.77. The lowest BCUT2D eigenvalue weighted by molar-refractivity contribution is -0.118. The summed E-state index contributed by atoms with van der Waals surface area (Å²) in [6.45, 7) is 12.1. The number of anilines is 1. The Bertz CT molecular complexity index is 2460. The summed E-state index contributed by atoms with van der Waals surface area (Å²) in [6.07, 6.45) is 2.63. The van der Waals surface area contributed by atoms with Crippen molar-refractivity contribution < 1.29 is 32.8 Å². The van der Waals surface area contributed by atoms with Crippen molar-refractivity contribution in [3.8, 4) is 11.5 Å². The van der Waals surface area contributed by atoms with Crippen LogP contribution in [0.15, 0.2) is 102 Å². The number of aromatic amines is 1. The van der Waals surface area contributed by atoms with Gasteiger partial charge in [0.1, 0.15) is 29.4 Å². The van der Waals surface area contributed by atoms with Crippen molar-refractivity contribution in [2.45, 2.75) is 88.3 Å². The summed E-state index contributed by atoms with van der Waals surface area (Å²) in [7, 11) is 3.28. The fourth-order valence-corrected chi connectivity index (χ4v) is 16.1. The van der Waals surface area contributed by atoms with Gasteiger partial charge in [0.15, 0.2) is 11.2 Å². The van der Waals surface area contributed by atoms with Crippen LogP contribution in [0.5, 0.6) is 11.5 Å². The molecule has 7 atom stereocenters. The molecule has 3 aliphatic rings. The second-order valence-electron chi connectivity index (χ2n) is 16.5. The number of nitrogens with zero attached hydrogens (tertiary/aromatic N) is 3. The standard InChI is InChI=1S/C45H52N5O8PS2.H2S/c1-27(2)29-21-22-44(5)37(23-29)58-59(60,61-44)57-35-24-38(50-26-46-39-40(50)47-43(49-42(39)52)48-41(51)28(3)4)56-36(35)25-55-45(30-11-9-8-10-12-30,31-13-17-33(53-6)18-14-31)32-15-19-34(54-7)20-16-32;/h8-20,26,28-29,35-38H,1,21-25H2,2-7H3,(H2,47,48,49,51,52);1H2/t29-,35-,36+,37+,38+,44+,59-;/m0./s1. The third-order valence-electron chi connectivity index (χ3n) is 12.0. The van der Waals surface area contributed by atoms with Gasteiger partial charge in [-0.3, -0.25) is 24.5 Å². The second-order valence-corrected chi connectivity index (χ2v) is 23.0. The summed E-state index contributed by atoms with van der Waals surface area (Å²) in [6, 6.07) is 25.8. The molecule has 2 aromatic heterocycles. The van der Waals surface area contributed by atoms with E-state index in [0.29, 0.717) is 23.8 Å². The summed E-state index contributed by atoms with van der Waals surface area (Å²) in [5.74, 6) is 1.18. The van der Waals surface area contributed by atoms with E-state index < -0.39 is 35.3 Å². The van der Waals surface area contributed by atoms with Crippen molar-refractivity contribution >= 4 is 65.4 Å². The molecule has 13 nitrogen and oxygen atoms in total. The lowest BCUT2D eigenvalue weighted by Crippen LogP contribution is -2.39. The highest BCUT2D eigenvalue weighted by Crippen LogP contribution is 2.76. The van der Waals surface area contributed by atoms with Crippen molar-refractivity contribution in [1.82, 2.24) is 19.5 Å². The lowest BCUT2D eigenvalue weighted by Gasteiger charge is -2.37. The number of carbonyl (C=O) groups excluding carboxylic acids is 1. The third-order valence-corrected chi connectivity index (χ3v) is 17.8. The van der Waals surface area contributed by atoms with Gasteiger partial charge in [0.2, 0.25) is 17.5 Å². The maximum absolute atomic E-state index is 13.2. The average molecular weight is 920 g/mol. The van der Waals surface area contributed by atoms with E-state index in [1.54, 1.807) is 44.0 Å². The summed E-state index contributed by atoms with van der Waals surface area (Å²) in [5.41, 5.74) is -0.409. The molecule has 1 saturated carbocycles. The predicted molar refractivity (Wildman–Crippen MR) is 251 cm³/mol. The molecule has 2 N–H and O–H groups in total. The Hall–Kier alpha value is -3.99. The average Bonchev–Trinajstić information content (AvgIpc) is 3.93. The Morgan fingerprint density at radius 3 is 2.27 bits per heavy atom. The molecule has 2 aliphatic heterocycles. The molecule has 5 aromatic rings. The zero-order valence-electron chi connectivity index (χ0n) is 35.7. The molecule has 0 unspecified atom stereocenters. The SMILES string of the molecule is C=C(C)[C@H]1CC[C@@]2(C)S[P@@](=S)(O[C@H]3C[C@H](n4cnc5c(=O)[nH]c(NC(=O)C(C)C)nc54)O[C@@H]3COC(c3ccccc3)(c3ccc(OC)cc3)c3ccc(OC)cc3)O[C@@H]2C1.S. The molecule has 17 heteroatoms. The van der Waals surface area contributed by atoms with Crippen LogP contribution in [0.4, 0.5) is 5.95 Å². The van der Waals surface area contributed by atoms with E-state index >= 15 is 0 Å². The highest BCUT2D eigenvalue weighted by atomic mass is 32.9. The monoisotopic (exact) mass is 919 g/mol. The van der Waals surface area contributed by atoms with Crippen LogP contribution in [0, 0.1) is 11.8 Å². The first-order valence-electron chi connectivity index (χ1n) is 20.5. The number of hydrogen-bond acceptors (Lipinski definition) is 12. The molecule has 4 heterocycles. The summed E-state index contributed by atoms with van der Waals surface area (Å²) >= 11 is 8.01. The highest BCUT2D eigenvalue weighted by Gasteiger charge is 2.55. The number of nitrogens with one attached hydrogen (secondary N) is 2. The van der Waals surface area contributed by atoms with Gasteiger partial charge in [-0.2, -0.15) is 18.5 Å². The predicted octanol–water partition coefficient (Wildman–Crippen LogP) is 9.02. The first-order valence-corrected chi connectivity index (χ1v) is 24.5. The largest absolute Gasteiger partial charge is 0.497 e. The number of imidazole rings is 1. The van der Waals surface area contributed by atoms with Crippen molar-refractivity contribution in [3.63, 3.8) is 0 Å². The number of hydrogen-bond donors (Lipinski definition) is 2. The number of H-pyrrole nitrogens is 1. The van der Waals surface area contributed by atoms with Gasteiger partial charge < -0.3 is 28.0 Å². The van der Waals surface area contributed by atoms with Crippen LogP contribution in [-0.2, 0) is 40.7 Å². The number of fused-ring (bicyclic) bond motifs is 2. The molecule has 1 amide bonds. The van der Waals surface area contributed by atoms with Gasteiger partial charge in [-0.1, -0.05) is 92.0 Å². The van der Waals surface area contributed by atoms with Gasteiger partial charge in [0, 0.05) is 17.1 Å². The zero-order valence-corrected chi connectivity index (χ0v) is 39.2. The van der Waals surface area contributed by atoms with Gasteiger partial charge in [0.05, 0.1) is 39.4 Å². The van der Waals surface area contributed by atoms with Gasteiger partial charge >= 0.3 is 0 Å². The number of allylic oxidation sites excluding steroid dienone is 1. The van der Waals surface area contributed by atoms with Gasteiger partial charge in [-0.15, -0.1) is 0 Å². The maximum atomic E-state index is 13.2. The van der Waals surface area contributed by atoms with Gasteiger partial charge in [-0.25, -0.2) is 4.98 Å². The molecule has 0 bridgehead atoms. The number of aromatic nitrogens is 4. The number of amides is 1. The number of methoxy groups -OCH3 is 2. The molecule has 3 fully saturated rings. The van der Waals surface area contributed by atoms with E-state index in [9.17, 15) is 9.59 Å². The zero-order chi connectivity index (χ0) is 43.1. The Morgan fingerprint density at radius 2 is 1.68 bits per heavy atom. The van der Waals surface area contributed by atoms with Crippen LogP contribution in [0.3, 0.4) is 0 Å². The van der Waals surface area contributed by atoms with Crippen molar-refractivity contribution in [2.75, 3.05) is 26.1 Å². The van der Waals surface area contributed by atoms with E-state index in [2.05, 4.69) is 40.7 Å². The minimum Gasteiger partial charge on any atom is -0.497 e. The van der Waals surface area contributed by atoms with Crippen LogP contribution in [0.2, 0.25) is 0 Å². The first kappa shape index (κ1) is 46.0. The van der Waals surface area contributed by atoms with Gasteiger partial charge in [0.25, 0.3) is 5.56 Å². The molecule has 0 spiro atoms. The minimum absolute atomic E-state index is 0. The van der Waals surface area contributed by atoms with E-state index in [1.807, 2.05) is 78.9 Å². The Balaban J connectivity index is 0.00000578. The van der Waals surface area contributed by atoms with E-state index in [-0.39, 0.29) is 59.9 Å². The number of ether oxygens (including phenoxy) is 4. The van der Waals surface area contributed by atoms with Gasteiger partial charge in [-0.05, 0) is 91.8 Å². The molecular formula is C45H54N5O8PS3. The smallest absolute Gasteiger partial charge is 0.280 e. The molecular weight excluding hydrogens is 866 g/mol. The fourth-order valence-electron chi connectivity index (χ4n) is 8.47. The topological polar surface area (TPSA) is 148 Å². The normalized spacial score (nSPS) is 25.9. The Kier molecular flexibility index (Phi) is 13.8. The van der Waals surface area contributed by atoms with Crippen LogP contribution in [0.25, 0.3) is 11.2 Å². The van der Waals surface area contributed by atoms with Crippen molar-refractivity contribution in [3.05, 3.63) is 124 Å². The summed E-state index contributed by atoms with van der Waals surface area (Å²) < 4.78 is 40.8. The van der Waals surface area contributed by atoms with Crippen LogP contribution >= 0.6 is 30.6 Å². The molecule has 62 heavy (non-hydrogen) atoms. The van der Waals surface area contributed by atoms with Crippen molar-refractivity contribution in [1.29, 1.82) is 0 Å². The first-order chi connectivity index (χ1) is 29.2. The number of rotatable bonds is 14. The molecule has 1 aliphatic carbocycles. The maximum Gasteiger partial charge on any atom is 0.280 e. The van der Waals surface area contributed by atoms with E-state index in [0.717, 1.165) is 41.5 Å². The number of carbonyl (C=O) groups is 1. The minimum atomic E-state index is -2.92. The van der Waals surface area contributed by atoms with E-state index in [1.165, 1.54) is 6.33 Å². The third kappa shape index (κ3) is 9.03. The molecule has 8 rings (SSSR count). The molecule has 0 radical (unpaired) electrons. The van der Waals surface area contributed by atoms with Crippen LogP contribution in [-0.4, -0.2) is 69.3 Å². The molecule has 2 saturated heterocycles. The van der Waals surface area contributed by atoms with Crippen LogP contribution in [0.1, 0.15) is 76.3 Å².